The lowest BCUT2D eigenvalue weighted by Gasteiger charge is -2.21. The maximum absolute atomic E-state index is 4.82. The number of rotatable bonds is 5. The Morgan fingerprint density at radius 3 is 2.27 bits per heavy atom. The van der Waals surface area contributed by atoms with Crippen LogP contribution in [0.4, 0.5) is 17.6 Å². The monoisotopic (exact) mass is 414 g/mol. The van der Waals surface area contributed by atoms with Crippen LogP contribution < -0.4 is 15.2 Å². The molecule has 1 aromatic heterocycles. The highest BCUT2D eigenvalue weighted by molar-refractivity contribution is 9.10. The Morgan fingerprint density at radius 2 is 1.58 bits per heavy atom. The van der Waals surface area contributed by atoms with Crippen molar-refractivity contribution in [3.05, 3.63) is 40.4 Å². The normalized spacial score (nSPS) is 17.4. The van der Waals surface area contributed by atoms with Crippen LogP contribution in [0.2, 0.25) is 0 Å². The highest BCUT2D eigenvalue weighted by Crippen LogP contribution is 2.25. The fourth-order valence-electron chi connectivity index (χ4n) is 3.37. The Hall–Kier alpha value is -2.15. The van der Waals surface area contributed by atoms with Crippen LogP contribution in [0.15, 0.2) is 39.9 Å². The van der Waals surface area contributed by atoms with Gasteiger partial charge in [-0.05, 0) is 43.4 Å². The smallest absolute Gasteiger partial charge is 0.229 e. The summed E-state index contributed by atoms with van der Waals surface area (Å²) in [7, 11) is 0. The molecular formula is C19H23BrN6. The number of halogens is 1. The number of hydrogen-bond donors (Lipinski definition) is 1. The van der Waals surface area contributed by atoms with Gasteiger partial charge in [-0.1, -0.05) is 28.1 Å². The predicted octanol–water partition coefficient (Wildman–Crippen LogP) is 3.89. The molecule has 2 aromatic rings. The van der Waals surface area contributed by atoms with Crippen LogP contribution in [0.5, 0.6) is 0 Å². The Bertz CT molecular complexity index is 730. The van der Waals surface area contributed by atoms with Crippen molar-refractivity contribution >= 4 is 39.7 Å². The second-order valence-electron chi connectivity index (χ2n) is 6.72. The molecule has 0 unspecified atom stereocenters. The lowest BCUT2D eigenvalue weighted by molar-refractivity contribution is 0.871. The molecule has 2 fully saturated rings. The fraction of sp³-hybridized carbons (Fsp3) is 0.421. The van der Waals surface area contributed by atoms with Crippen molar-refractivity contribution in [3.63, 3.8) is 0 Å². The Morgan fingerprint density at radius 1 is 0.923 bits per heavy atom. The molecule has 2 saturated heterocycles. The average molecular weight is 415 g/mol. The van der Waals surface area contributed by atoms with Crippen molar-refractivity contribution in [3.8, 4) is 0 Å². The van der Waals surface area contributed by atoms with Crippen LogP contribution in [0.25, 0.3) is 0 Å². The number of nitrogens with zero attached hydrogens (tertiary/aromatic N) is 5. The molecule has 0 atom stereocenters. The number of hydrazone groups is 1. The molecule has 0 spiro atoms. The molecule has 3 heterocycles. The van der Waals surface area contributed by atoms with Crippen LogP contribution in [0.1, 0.15) is 31.2 Å². The number of nitrogens with one attached hydrogen (secondary N) is 1. The van der Waals surface area contributed by atoms with Gasteiger partial charge in [-0.2, -0.15) is 15.1 Å². The zero-order valence-electron chi connectivity index (χ0n) is 14.7. The Labute approximate surface area is 162 Å². The van der Waals surface area contributed by atoms with E-state index in [1.54, 1.807) is 6.21 Å². The first kappa shape index (κ1) is 17.3. The molecule has 136 valence electrons. The molecule has 1 aromatic carbocycles. The van der Waals surface area contributed by atoms with Crippen LogP contribution in [0.3, 0.4) is 0 Å². The first-order valence-electron chi connectivity index (χ1n) is 9.21. The summed E-state index contributed by atoms with van der Waals surface area (Å²) in [5.41, 5.74) is 4.13. The van der Waals surface area contributed by atoms with E-state index >= 15 is 0 Å². The minimum absolute atomic E-state index is 0.747. The van der Waals surface area contributed by atoms with Gasteiger partial charge in [0, 0.05) is 36.7 Å². The van der Waals surface area contributed by atoms with Gasteiger partial charge in [-0.25, -0.2) is 0 Å². The standard InChI is InChI=1S/C19H23BrN6/c20-16-7-5-15(6-8-16)14-21-24-17-13-18(25-9-1-2-10-25)23-19(22-17)26-11-3-4-12-26/h5-8,13-14H,1-4,9-12H2,(H,22,23,24)/b21-14+. The van der Waals surface area contributed by atoms with Crippen molar-refractivity contribution in [1.82, 2.24) is 9.97 Å². The lowest BCUT2D eigenvalue weighted by atomic mass is 10.2. The maximum atomic E-state index is 4.82. The van der Waals surface area contributed by atoms with Gasteiger partial charge in [0.1, 0.15) is 5.82 Å². The third-order valence-electron chi connectivity index (χ3n) is 4.78. The highest BCUT2D eigenvalue weighted by atomic mass is 79.9. The Balaban J connectivity index is 1.54. The summed E-state index contributed by atoms with van der Waals surface area (Å²) >= 11 is 3.44. The van der Waals surface area contributed by atoms with Gasteiger partial charge >= 0.3 is 0 Å². The molecule has 0 radical (unpaired) electrons. The predicted molar refractivity (Wildman–Crippen MR) is 110 cm³/mol. The van der Waals surface area contributed by atoms with Gasteiger partial charge in [-0.15, -0.1) is 0 Å². The zero-order valence-corrected chi connectivity index (χ0v) is 16.3. The first-order chi connectivity index (χ1) is 12.8. The van der Waals surface area contributed by atoms with E-state index in [1.165, 1.54) is 25.7 Å². The van der Waals surface area contributed by atoms with Crippen molar-refractivity contribution in [1.29, 1.82) is 0 Å². The summed E-state index contributed by atoms with van der Waals surface area (Å²) in [5.74, 6) is 2.56. The second kappa shape index (κ2) is 8.03. The number of aromatic nitrogens is 2. The summed E-state index contributed by atoms with van der Waals surface area (Å²) in [6, 6.07) is 10.0. The summed E-state index contributed by atoms with van der Waals surface area (Å²) < 4.78 is 1.06. The molecule has 1 N–H and O–H groups in total. The van der Waals surface area contributed by atoms with E-state index < -0.39 is 0 Å². The molecule has 26 heavy (non-hydrogen) atoms. The third kappa shape index (κ3) is 4.15. The van der Waals surface area contributed by atoms with E-state index in [4.69, 9.17) is 4.98 Å². The molecule has 4 rings (SSSR count). The van der Waals surface area contributed by atoms with Gasteiger partial charge < -0.3 is 9.80 Å². The van der Waals surface area contributed by atoms with Crippen LogP contribution in [-0.2, 0) is 0 Å². The van der Waals surface area contributed by atoms with Crippen LogP contribution >= 0.6 is 15.9 Å². The fourth-order valence-corrected chi connectivity index (χ4v) is 3.63. The third-order valence-corrected chi connectivity index (χ3v) is 5.31. The first-order valence-corrected chi connectivity index (χ1v) is 10.0. The van der Waals surface area contributed by atoms with Crippen LogP contribution in [-0.4, -0.2) is 42.4 Å². The Kier molecular flexibility index (Phi) is 5.34. The van der Waals surface area contributed by atoms with Crippen molar-refractivity contribution < 1.29 is 0 Å². The van der Waals surface area contributed by atoms with Gasteiger partial charge in [0.25, 0.3) is 0 Å². The number of benzene rings is 1. The van der Waals surface area contributed by atoms with E-state index in [-0.39, 0.29) is 0 Å². The molecule has 0 saturated carbocycles. The molecule has 0 bridgehead atoms. The molecule has 7 heteroatoms. The van der Waals surface area contributed by atoms with E-state index in [0.717, 1.165) is 53.8 Å². The summed E-state index contributed by atoms with van der Waals surface area (Å²) in [6.07, 6.45) is 6.68. The quantitative estimate of drug-likeness (QED) is 0.593. The average Bonchev–Trinajstić information content (AvgIpc) is 3.37. The summed E-state index contributed by atoms with van der Waals surface area (Å²) in [4.78, 5) is 14.1. The van der Waals surface area contributed by atoms with Crippen molar-refractivity contribution in [2.24, 2.45) is 5.10 Å². The highest BCUT2D eigenvalue weighted by Gasteiger charge is 2.20. The van der Waals surface area contributed by atoms with Crippen molar-refractivity contribution in [2.45, 2.75) is 25.7 Å². The number of anilines is 3. The van der Waals surface area contributed by atoms with E-state index in [1.807, 2.05) is 30.3 Å². The zero-order chi connectivity index (χ0) is 17.8. The second-order valence-corrected chi connectivity index (χ2v) is 7.64. The van der Waals surface area contributed by atoms with Gasteiger partial charge in [0.2, 0.25) is 5.95 Å². The summed E-state index contributed by atoms with van der Waals surface area (Å²) in [5, 5.41) is 4.36. The SMILES string of the molecule is Brc1ccc(/C=N/Nc2cc(N3CCCC3)nc(N3CCCC3)n2)cc1. The van der Waals surface area contributed by atoms with Gasteiger partial charge in [0.05, 0.1) is 6.21 Å². The minimum Gasteiger partial charge on any atom is -0.356 e. The maximum Gasteiger partial charge on any atom is 0.229 e. The van der Waals surface area contributed by atoms with Crippen molar-refractivity contribution in [2.75, 3.05) is 41.4 Å². The molecule has 0 amide bonds. The van der Waals surface area contributed by atoms with E-state index in [0.29, 0.717) is 0 Å². The lowest BCUT2D eigenvalue weighted by Crippen LogP contribution is -2.24. The number of hydrogen-bond acceptors (Lipinski definition) is 6. The van der Waals surface area contributed by atoms with E-state index in [2.05, 4.69) is 41.2 Å². The molecule has 6 nitrogen and oxygen atoms in total. The minimum atomic E-state index is 0.747. The summed E-state index contributed by atoms with van der Waals surface area (Å²) in [6.45, 7) is 4.20. The van der Waals surface area contributed by atoms with Crippen LogP contribution in [0, 0.1) is 0 Å². The molecule has 2 aliphatic heterocycles. The van der Waals surface area contributed by atoms with Gasteiger partial charge in [-0.3, -0.25) is 5.43 Å². The van der Waals surface area contributed by atoms with Gasteiger partial charge in [0.15, 0.2) is 5.82 Å². The molecule has 2 aliphatic rings. The molecule has 0 aliphatic carbocycles. The largest absolute Gasteiger partial charge is 0.356 e. The van der Waals surface area contributed by atoms with E-state index in [9.17, 15) is 0 Å². The topological polar surface area (TPSA) is 56.7 Å². The molecular weight excluding hydrogens is 392 g/mol.